The van der Waals surface area contributed by atoms with Gasteiger partial charge in [0.05, 0.1) is 45.0 Å². The van der Waals surface area contributed by atoms with Gasteiger partial charge < -0.3 is 78.7 Å². The van der Waals surface area contributed by atoms with Crippen LogP contribution < -0.4 is 10.6 Å². The lowest BCUT2D eigenvalue weighted by Gasteiger charge is -2.46. The normalized spacial score (nSPS) is 19.2. The minimum absolute atomic E-state index is 0. The lowest BCUT2D eigenvalue weighted by Crippen LogP contribution is -2.67. The molecular weight excluding hydrogens is 1780 g/mol. The van der Waals surface area contributed by atoms with Crippen LogP contribution in [0.4, 0.5) is 0 Å². The van der Waals surface area contributed by atoms with E-state index in [9.17, 15) is 63.5 Å². The number of rotatable bonds is 98. The van der Waals surface area contributed by atoms with Gasteiger partial charge in [0.1, 0.15) is 54.8 Å². The molecule has 2 fully saturated rings. The van der Waals surface area contributed by atoms with Gasteiger partial charge in [0.25, 0.3) is 0 Å². The summed E-state index contributed by atoms with van der Waals surface area (Å²) in [6, 6.07) is -3.62. The molecule has 2 saturated heterocycles. The standard InChI is InChI=1S/C112H209N2O23P.CH4/c1-8-15-22-29-36-43-45-47-49-56-63-70-76-83-100(119)130-93(80-73-66-59-52-39-32-25-18-11-4)87-98(117)113-105-109(136-104(123)89-95(82-75-68-61-54-41-34-27-20-13-6)132-102(121)85-78-69-62-55-42-35-28-21-14-7)107(124)96(90-115)133-111(105)129-91-97-108(125)110(135-103(122)86-92(116)79-72-65-58-51-38-31-24-17-10-3)106(112(134-97)137-138(126,127)128)114-99(118)88-94(81-74-67-60-53-40-33-26-19-12-5)131-101(120)84-77-71-64-57-50-48-46-44-37-30-23-16-9-2;/h43,45,92-97,105-112,115-116,124-125H,8-42,44,46-91H2,1-7H3,(H,113,117)(H,114,118)(H2,126,127,128);1H4/b45-43-;/t92?,93?,94?,95?,96?,97?,105?,106?,107-,108-,109-,110-,111-,112?;/m1./s1. The first kappa shape index (κ1) is 133. The number of nitrogens with one attached hydrogen (secondary N) is 2. The van der Waals surface area contributed by atoms with E-state index < -0.39 is 174 Å². The van der Waals surface area contributed by atoms with E-state index in [-0.39, 0.29) is 33.1 Å². The number of amides is 2. The second-order valence-electron chi connectivity index (χ2n) is 40.7. The first-order chi connectivity index (χ1) is 67.1. The summed E-state index contributed by atoms with van der Waals surface area (Å²) in [4.78, 5) is 123. The highest BCUT2D eigenvalue weighted by Gasteiger charge is 2.54. The van der Waals surface area contributed by atoms with Gasteiger partial charge in [-0.05, 0) is 89.9 Å². The fourth-order valence-corrected chi connectivity index (χ4v) is 19.4. The Morgan fingerprint density at radius 3 is 0.885 bits per heavy atom. The number of aliphatic hydroxyl groups is 4. The predicted molar refractivity (Wildman–Crippen MR) is 560 cm³/mol. The van der Waals surface area contributed by atoms with Crippen LogP contribution in [0.3, 0.4) is 0 Å². The molecule has 14 atom stereocenters. The topological polar surface area (TPSA) is 365 Å². The lowest BCUT2D eigenvalue weighted by molar-refractivity contribution is -0.298. The van der Waals surface area contributed by atoms with Gasteiger partial charge in [0.2, 0.25) is 11.8 Å². The first-order valence-electron chi connectivity index (χ1n) is 57.6. The van der Waals surface area contributed by atoms with Crippen molar-refractivity contribution in [3.05, 3.63) is 12.2 Å². The fourth-order valence-electron chi connectivity index (χ4n) is 19.0. The van der Waals surface area contributed by atoms with Gasteiger partial charge in [-0.15, -0.1) is 0 Å². The molecule has 2 heterocycles. The molecule has 9 unspecified atom stereocenters. The lowest BCUT2D eigenvalue weighted by atomic mass is 9.95. The molecule has 0 aromatic carbocycles. The van der Waals surface area contributed by atoms with Gasteiger partial charge >= 0.3 is 37.7 Å². The molecule has 8 N–H and O–H groups in total. The zero-order chi connectivity index (χ0) is 101. The highest BCUT2D eigenvalue weighted by Crippen LogP contribution is 2.42. The van der Waals surface area contributed by atoms with Crippen LogP contribution in [0.15, 0.2) is 12.2 Å². The average molecular weight is 2000 g/mol. The van der Waals surface area contributed by atoms with Crippen molar-refractivity contribution in [2.75, 3.05) is 13.2 Å². The second kappa shape index (κ2) is 92.5. The molecule has 0 bridgehead atoms. The van der Waals surface area contributed by atoms with E-state index in [4.69, 9.17) is 42.4 Å². The Morgan fingerprint density at radius 2 is 0.576 bits per heavy atom. The maximum absolute atomic E-state index is 15.2. The summed E-state index contributed by atoms with van der Waals surface area (Å²) in [6.45, 7) is 13.5. The average Bonchev–Trinajstić information content (AvgIpc) is 0.782. The molecule has 2 aliphatic rings. The number of unbranched alkanes of at least 4 members (excludes halogenated alkanes) is 61. The van der Waals surface area contributed by atoms with Crippen molar-refractivity contribution in [3.63, 3.8) is 0 Å². The van der Waals surface area contributed by atoms with E-state index in [0.29, 0.717) is 64.2 Å². The van der Waals surface area contributed by atoms with Gasteiger partial charge in [0, 0.05) is 19.3 Å². The molecule has 26 heteroatoms. The van der Waals surface area contributed by atoms with Crippen molar-refractivity contribution in [2.24, 2.45) is 0 Å². The molecule has 25 nitrogen and oxygen atoms in total. The van der Waals surface area contributed by atoms with Crippen LogP contribution in [0, 0.1) is 0 Å². The highest BCUT2D eigenvalue weighted by atomic mass is 31.2. The van der Waals surface area contributed by atoms with E-state index in [1.807, 2.05) is 0 Å². The number of hydrogen-bond donors (Lipinski definition) is 8. The Balaban J connectivity index is 0.0000966. The van der Waals surface area contributed by atoms with Gasteiger partial charge in [0.15, 0.2) is 24.8 Å². The summed E-state index contributed by atoms with van der Waals surface area (Å²) in [5.41, 5.74) is 0. The fraction of sp³-hybridized carbons (Fsp3) is 0.920. The molecule has 2 rings (SSSR count). The predicted octanol–water partition coefficient (Wildman–Crippen LogP) is 27.7. The molecule has 0 saturated carbocycles. The monoisotopic (exact) mass is 2000 g/mol. The van der Waals surface area contributed by atoms with E-state index in [1.54, 1.807) is 0 Å². The Kier molecular flexibility index (Phi) is 88.4. The number of allylic oxidation sites excluding steroid dienone is 2. The molecule has 139 heavy (non-hydrogen) atoms. The Bertz CT molecular complexity index is 2980. The zero-order valence-electron chi connectivity index (χ0n) is 88.8. The van der Waals surface area contributed by atoms with Gasteiger partial charge in [-0.1, -0.05) is 447 Å². The molecular formula is C113H213N2O23P. The van der Waals surface area contributed by atoms with E-state index in [0.717, 1.165) is 244 Å². The van der Waals surface area contributed by atoms with Crippen LogP contribution in [-0.4, -0.2) is 171 Å². The summed E-state index contributed by atoms with van der Waals surface area (Å²) in [5, 5.41) is 53.4. The van der Waals surface area contributed by atoms with Crippen LogP contribution in [-0.2, 0) is 80.5 Å². The van der Waals surface area contributed by atoms with E-state index in [1.165, 1.54) is 154 Å². The van der Waals surface area contributed by atoms with Gasteiger partial charge in [-0.25, -0.2) is 4.57 Å². The Hall–Kier alpha value is -4.14. The number of phosphoric acid groups is 1. The summed E-state index contributed by atoms with van der Waals surface area (Å²) in [5.74, 6) is -5.01. The number of esters is 5. The number of phosphoric ester groups is 1. The third kappa shape index (κ3) is 74.4. The van der Waals surface area contributed by atoms with Crippen LogP contribution in [0.2, 0.25) is 0 Å². The second-order valence-corrected chi connectivity index (χ2v) is 41.9. The maximum atomic E-state index is 15.2. The largest absolute Gasteiger partial charge is 0.472 e. The van der Waals surface area contributed by atoms with Gasteiger partial charge in [-0.2, -0.15) is 0 Å². The number of aliphatic hydroxyl groups excluding tert-OH is 4. The summed E-state index contributed by atoms with van der Waals surface area (Å²) >= 11 is 0. The van der Waals surface area contributed by atoms with Gasteiger partial charge in [-0.3, -0.25) is 38.1 Å². The number of ether oxygens (including phenoxy) is 8. The Labute approximate surface area is 846 Å². The quantitative estimate of drug-likeness (QED) is 0.00922. The zero-order valence-corrected chi connectivity index (χ0v) is 89.7. The molecule has 2 amide bonds. The number of carbonyl (C=O) groups is 7. The molecule has 0 aromatic heterocycles. The van der Waals surface area contributed by atoms with Crippen LogP contribution in [0.5, 0.6) is 0 Å². The van der Waals surface area contributed by atoms with Crippen molar-refractivity contribution in [1.29, 1.82) is 0 Å². The molecule has 0 aliphatic carbocycles. The van der Waals surface area contributed by atoms with Crippen molar-refractivity contribution in [3.8, 4) is 0 Å². The third-order valence-corrected chi connectivity index (χ3v) is 28.0. The van der Waals surface area contributed by atoms with Crippen LogP contribution in [0.1, 0.15) is 570 Å². The third-order valence-electron chi connectivity index (χ3n) is 27.5. The summed E-state index contributed by atoms with van der Waals surface area (Å²) in [7, 11) is -5.68. The summed E-state index contributed by atoms with van der Waals surface area (Å²) in [6.07, 6.45) is 56.5. The van der Waals surface area contributed by atoms with E-state index in [2.05, 4.69) is 71.3 Å². The minimum Gasteiger partial charge on any atom is -0.462 e. The molecule has 0 spiro atoms. The first-order valence-corrected chi connectivity index (χ1v) is 59.1. The maximum Gasteiger partial charge on any atom is 0.472 e. The molecule has 0 radical (unpaired) electrons. The van der Waals surface area contributed by atoms with E-state index >= 15 is 4.79 Å². The molecule has 0 aromatic rings. The SMILES string of the molecule is C.CCCCCC/C=C\CCCCCCCC(=O)OC(CCCCCCCCCCC)CC(=O)NC1[C@H](OCC2OC(OP(=O)(O)O)C(NC(=O)CC(CCCCCCCCCCC)OC(=O)CCCCCCCCCCCCCCC)[C@@H](OC(=O)CC(O)CCCCCCCCCCC)[C@@H]2O)OC(CO)[C@@H](O)[C@@H]1OC(=O)CC(CCCCCCCCCCC)OC(=O)CCCCCCCCCCC. The Morgan fingerprint density at radius 1 is 0.324 bits per heavy atom. The smallest absolute Gasteiger partial charge is 0.462 e. The van der Waals surface area contributed by atoms with Crippen molar-refractivity contribution in [1.82, 2.24) is 10.6 Å². The van der Waals surface area contributed by atoms with Crippen molar-refractivity contribution in [2.45, 2.75) is 655 Å². The van der Waals surface area contributed by atoms with Crippen molar-refractivity contribution < 1.29 is 111 Å². The molecule has 2 aliphatic heterocycles. The number of carbonyl (C=O) groups excluding carboxylic acids is 7. The van der Waals surface area contributed by atoms with Crippen LogP contribution >= 0.6 is 7.82 Å². The summed E-state index contributed by atoms with van der Waals surface area (Å²) < 4.78 is 68.8. The highest BCUT2D eigenvalue weighted by molar-refractivity contribution is 7.46. The minimum atomic E-state index is -5.68. The molecule has 818 valence electrons. The van der Waals surface area contributed by atoms with Crippen LogP contribution in [0.25, 0.3) is 0 Å². The van der Waals surface area contributed by atoms with Crippen molar-refractivity contribution >= 4 is 49.5 Å². The number of hydrogen-bond acceptors (Lipinski definition) is 21.